The molecule has 3 nitrogen and oxygen atoms in total. The average molecular weight is 224 g/mol. The first kappa shape index (κ1) is 10.4. The van der Waals surface area contributed by atoms with Crippen molar-refractivity contribution in [3.8, 4) is 0 Å². The van der Waals surface area contributed by atoms with Crippen LogP contribution in [-0.4, -0.2) is 18.9 Å². The first-order valence-electron chi connectivity index (χ1n) is 6.48. The van der Waals surface area contributed by atoms with Gasteiger partial charge >= 0.3 is 6.16 Å². The molecule has 3 rings (SSSR count). The molecule has 16 heavy (non-hydrogen) atoms. The molecule has 0 radical (unpaired) electrons. The smallest absolute Gasteiger partial charge is 0.430 e. The lowest BCUT2D eigenvalue weighted by Gasteiger charge is -2.32. The Hall–Kier alpha value is -0.730. The summed E-state index contributed by atoms with van der Waals surface area (Å²) in [6.45, 7) is 5.25. The zero-order valence-corrected chi connectivity index (χ0v) is 10.0. The fourth-order valence-electron chi connectivity index (χ4n) is 4.18. The largest absolute Gasteiger partial charge is 0.508 e. The van der Waals surface area contributed by atoms with Crippen LogP contribution in [0.1, 0.15) is 33.1 Å². The number of rotatable bonds is 2. The monoisotopic (exact) mass is 224 g/mol. The Balaban J connectivity index is 1.60. The summed E-state index contributed by atoms with van der Waals surface area (Å²) >= 11 is 0. The summed E-state index contributed by atoms with van der Waals surface area (Å²) < 4.78 is 9.97. The molecule has 2 aliphatic carbocycles. The molecule has 2 saturated carbocycles. The van der Waals surface area contributed by atoms with E-state index >= 15 is 0 Å². The van der Waals surface area contributed by atoms with E-state index in [1.165, 1.54) is 12.8 Å². The summed E-state index contributed by atoms with van der Waals surface area (Å²) in [5, 5.41) is 0. The SMILES string of the molecule is CC1C2CC(CC3COC(=O)O3)C(C2)C1C. The van der Waals surface area contributed by atoms with Gasteiger partial charge < -0.3 is 9.47 Å². The van der Waals surface area contributed by atoms with Crippen molar-refractivity contribution in [1.29, 1.82) is 0 Å². The predicted octanol–water partition coefficient (Wildman–Crippen LogP) is 2.84. The van der Waals surface area contributed by atoms with Crippen molar-refractivity contribution in [2.75, 3.05) is 6.61 Å². The Kier molecular flexibility index (Phi) is 2.37. The van der Waals surface area contributed by atoms with E-state index in [4.69, 9.17) is 9.47 Å². The molecule has 0 spiro atoms. The first-order chi connectivity index (χ1) is 7.65. The van der Waals surface area contributed by atoms with Gasteiger partial charge in [0.05, 0.1) is 0 Å². The maximum Gasteiger partial charge on any atom is 0.508 e. The van der Waals surface area contributed by atoms with E-state index in [-0.39, 0.29) is 6.10 Å². The van der Waals surface area contributed by atoms with Crippen molar-refractivity contribution in [2.24, 2.45) is 29.6 Å². The Morgan fingerprint density at radius 1 is 1.25 bits per heavy atom. The van der Waals surface area contributed by atoms with Crippen LogP contribution >= 0.6 is 0 Å². The molecule has 2 bridgehead atoms. The summed E-state index contributed by atoms with van der Waals surface area (Å²) in [5.74, 6) is 4.28. The third-order valence-electron chi connectivity index (χ3n) is 5.25. The molecule has 0 N–H and O–H groups in total. The molecular weight excluding hydrogens is 204 g/mol. The number of hydrogen-bond donors (Lipinski definition) is 0. The van der Waals surface area contributed by atoms with Crippen LogP contribution in [0.2, 0.25) is 0 Å². The molecule has 1 aliphatic heterocycles. The molecule has 90 valence electrons. The zero-order valence-electron chi connectivity index (χ0n) is 10.0. The van der Waals surface area contributed by atoms with Crippen LogP contribution in [0.4, 0.5) is 4.79 Å². The summed E-state index contributed by atoms with van der Waals surface area (Å²) in [5.41, 5.74) is 0. The molecule has 1 heterocycles. The van der Waals surface area contributed by atoms with Crippen molar-refractivity contribution in [3.05, 3.63) is 0 Å². The van der Waals surface area contributed by atoms with Gasteiger partial charge in [0.15, 0.2) is 0 Å². The molecule has 0 aromatic carbocycles. The lowest BCUT2D eigenvalue weighted by molar-refractivity contribution is 0.0948. The highest BCUT2D eigenvalue weighted by molar-refractivity contribution is 5.61. The van der Waals surface area contributed by atoms with Crippen LogP contribution in [0.15, 0.2) is 0 Å². The van der Waals surface area contributed by atoms with Gasteiger partial charge in [-0.25, -0.2) is 4.79 Å². The van der Waals surface area contributed by atoms with Gasteiger partial charge in [0, 0.05) is 0 Å². The second-order valence-electron chi connectivity index (χ2n) is 5.91. The normalized spacial score (nSPS) is 50.5. The summed E-state index contributed by atoms with van der Waals surface area (Å²) in [6, 6.07) is 0. The number of carbonyl (C=O) groups excluding carboxylic acids is 1. The molecule has 3 fully saturated rings. The van der Waals surface area contributed by atoms with E-state index in [0.717, 1.165) is 36.0 Å². The lowest BCUT2D eigenvalue weighted by Crippen LogP contribution is -2.27. The average Bonchev–Trinajstić information content (AvgIpc) is 2.88. The standard InChI is InChI=1S/C13H20O3/c1-7-8(2)12-5-9(7)3-10(12)4-11-6-15-13(14)16-11/h7-12H,3-6H2,1-2H3. The number of hydrogen-bond acceptors (Lipinski definition) is 3. The quantitative estimate of drug-likeness (QED) is 0.677. The van der Waals surface area contributed by atoms with Gasteiger partial charge in [0.1, 0.15) is 12.7 Å². The molecule has 0 aromatic rings. The summed E-state index contributed by atoms with van der Waals surface area (Å²) in [7, 11) is 0. The van der Waals surface area contributed by atoms with Gasteiger partial charge in [-0.2, -0.15) is 0 Å². The Morgan fingerprint density at radius 2 is 2.06 bits per heavy atom. The van der Waals surface area contributed by atoms with Gasteiger partial charge in [-0.1, -0.05) is 13.8 Å². The third kappa shape index (κ3) is 1.52. The maximum absolute atomic E-state index is 10.9. The van der Waals surface area contributed by atoms with Crippen molar-refractivity contribution in [2.45, 2.75) is 39.2 Å². The van der Waals surface area contributed by atoms with Crippen molar-refractivity contribution < 1.29 is 14.3 Å². The van der Waals surface area contributed by atoms with E-state index in [2.05, 4.69) is 13.8 Å². The van der Waals surface area contributed by atoms with E-state index in [1.807, 2.05) is 0 Å². The van der Waals surface area contributed by atoms with E-state index in [0.29, 0.717) is 6.61 Å². The lowest BCUT2D eigenvalue weighted by atomic mass is 9.74. The fourth-order valence-corrected chi connectivity index (χ4v) is 4.18. The maximum atomic E-state index is 10.9. The molecular formula is C13H20O3. The van der Waals surface area contributed by atoms with Crippen molar-refractivity contribution in [3.63, 3.8) is 0 Å². The minimum atomic E-state index is -0.477. The van der Waals surface area contributed by atoms with Gasteiger partial charge in [-0.05, 0) is 48.9 Å². The van der Waals surface area contributed by atoms with Crippen LogP contribution in [-0.2, 0) is 9.47 Å². The highest BCUT2D eigenvalue weighted by Crippen LogP contribution is 2.56. The summed E-state index contributed by atoms with van der Waals surface area (Å²) in [4.78, 5) is 10.9. The van der Waals surface area contributed by atoms with Crippen LogP contribution in [0.3, 0.4) is 0 Å². The van der Waals surface area contributed by atoms with E-state index in [9.17, 15) is 4.79 Å². The van der Waals surface area contributed by atoms with Crippen molar-refractivity contribution >= 4 is 6.16 Å². The number of ether oxygens (including phenoxy) is 2. The van der Waals surface area contributed by atoms with Gasteiger partial charge in [0.2, 0.25) is 0 Å². The topological polar surface area (TPSA) is 35.5 Å². The van der Waals surface area contributed by atoms with Crippen LogP contribution < -0.4 is 0 Å². The number of cyclic esters (lactones) is 2. The van der Waals surface area contributed by atoms with Crippen LogP contribution in [0.25, 0.3) is 0 Å². The highest BCUT2D eigenvalue weighted by atomic mass is 16.8. The van der Waals surface area contributed by atoms with Gasteiger partial charge in [-0.15, -0.1) is 0 Å². The molecule has 0 amide bonds. The summed E-state index contributed by atoms with van der Waals surface area (Å²) in [6.07, 6.45) is 3.30. The van der Waals surface area contributed by atoms with Crippen LogP contribution in [0, 0.1) is 29.6 Å². The second kappa shape index (κ2) is 3.64. The number of fused-ring (bicyclic) bond motifs is 2. The molecule has 6 unspecified atom stereocenters. The zero-order chi connectivity index (χ0) is 11.3. The number of carbonyl (C=O) groups is 1. The Bertz CT molecular complexity index is 300. The van der Waals surface area contributed by atoms with E-state index < -0.39 is 6.16 Å². The van der Waals surface area contributed by atoms with Gasteiger partial charge in [0.25, 0.3) is 0 Å². The van der Waals surface area contributed by atoms with E-state index in [1.54, 1.807) is 0 Å². The minimum Gasteiger partial charge on any atom is -0.430 e. The molecule has 6 atom stereocenters. The van der Waals surface area contributed by atoms with Crippen molar-refractivity contribution in [1.82, 2.24) is 0 Å². The Labute approximate surface area is 96.5 Å². The minimum absolute atomic E-state index is 0.0272. The molecule has 3 aliphatic rings. The van der Waals surface area contributed by atoms with Crippen LogP contribution in [0.5, 0.6) is 0 Å². The molecule has 1 saturated heterocycles. The molecule has 3 heteroatoms. The predicted molar refractivity (Wildman–Crippen MR) is 58.9 cm³/mol. The fraction of sp³-hybridized carbons (Fsp3) is 0.923. The molecule has 0 aromatic heterocycles. The van der Waals surface area contributed by atoms with Gasteiger partial charge in [-0.3, -0.25) is 0 Å². The Morgan fingerprint density at radius 3 is 2.62 bits per heavy atom. The second-order valence-corrected chi connectivity index (χ2v) is 5.91. The first-order valence-corrected chi connectivity index (χ1v) is 6.48. The third-order valence-corrected chi connectivity index (χ3v) is 5.25. The highest BCUT2D eigenvalue weighted by Gasteiger charge is 2.49.